The van der Waals surface area contributed by atoms with Gasteiger partial charge >= 0.3 is 124 Å². The molecule has 0 aliphatic heterocycles. The van der Waals surface area contributed by atoms with Crippen molar-refractivity contribution in [2.45, 2.75) is 34.7 Å². The number of hydrogen-bond donors (Lipinski definition) is 1. The molecule has 1 aromatic rings. The maximum atomic E-state index is 3.32. The summed E-state index contributed by atoms with van der Waals surface area (Å²) in [5.41, 5.74) is 1.46. The SMILES string of the molecule is CNCC(CC(C)S[CH](C)[Sn])c1ccccc1.Cl. The number of nitrogens with one attached hydrogen (secondary N) is 1. The Labute approximate surface area is 135 Å². The first-order chi connectivity index (χ1) is 8.13. The third-order valence-electron chi connectivity index (χ3n) is 2.77. The molecule has 0 aliphatic rings. The van der Waals surface area contributed by atoms with Crippen molar-refractivity contribution >= 4 is 46.7 Å². The van der Waals surface area contributed by atoms with Crippen LogP contribution < -0.4 is 5.32 Å². The van der Waals surface area contributed by atoms with E-state index in [1.165, 1.54) is 12.0 Å². The smallest absolute Gasteiger partial charge is 0.147 e. The van der Waals surface area contributed by atoms with E-state index in [1.54, 1.807) is 22.5 Å². The molecule has 1 rings (SSSR count). The molecule has 3 radical (unpaired) electrons. The van der Waals surface area contributed by atoms with E-state index in [-0.39, 0.29) is 12.4 Å². The van der Waals surface area contributed by atoms with Crippen molar-refractivity contribution < 1.29 is 0 Å². The van der Waals surface area contributed by atoms with Crippen molar-refractivity contribution in [2.24, 2.45) is 0 Å². The van der Waals surface area contributed by atoms with Gasteiger partial charge in [0.05, 0.1) is 0 Å². The first-order valence-electron chi connectivity index (χ1n) is 6.19. The van der Waals surface area contributed by atoms with Gasteiger partial charge in [0.25, 0.3) is 0 Å². The van der Waals surface area contributed by atoms with Gasteiger partial charge in [0, 0.05) is 0 Å². The number of benzene rings is 1. The van der Waals surface area contributed by atoms with Crippen LogP contribution in [0.4, 0.5) is 0 Å². The van der Waals surface area contributed by atoms with Crippen LogP contribution in [0.3, 0.4) is 0 Å². The van der Waals surface area contributed by atoms with Crippen molar-refractivity contribution in [1.29, 1.82) is 0 Å². The zero-order valence-corrected chi connectivity index (χ0v) is 15.8. The average molecular weight is 392 g/mol. The molecule has 18 heavy (non-hydrogen) atoms. The summed E-state index contributed by atoms with van der Waals surface area (Å²) in [6.45, 7) is 5.74. The Bertz CT molecular complexity index is 308. The second-order valence-electron chi connectivity index (χ2n) is 4.49. The molecule has 0 aliphatic carbocycles. The van der Waals surface area contributed by atoms with Gasteiger partial charge in [-0.3, -0.25) is 0 Å². The van der Waals surface area contributed by atoms with Gasteiger partial charge in [-0.15, -0.1) is 12.4 Å². The Balaban J connectivity index is 0.00000289. The third kappa shape index (κ3) is 7.27. The van der Waals surface area contributed by atoms with E-state index in [2.05, 4.69) is 61.3 Å². The van der Waals surface area contributed by atoms with E-state index in [0.29, 0.717) is 5.92 Å². The Hall–Kier alpha value is 0.619. The Morgan fingerprint density at radius 2 is 1.83 bits per heavy atom. The maximum Gasteiger partial charge on any atom is -0.147 e. The van der Waals surface area contributed by atoms with E-state index >= 15 is 0 Å². The van der Waals surface area contributed by atoms with Crippen molar-refractivity contribution in [2.75, 3.05) is 13.6 Å². The summed E-state index contributed by atoms with van der Waals surface area (Å²) < 4.78 is 0.809. The standard InChI is InChI=1S/C14H22NS.ClH.Sn/c1-4-16-12(2)10-14(11-15-3)13-8-6-5-7-9-13;;/h4-9,12,14-15H,10-11H2,1-3H3;1H;. The van der Waals surface area contributed by atoms with Crippen LogP contribution in [-0.2, 0) is 0 Å². The molecule has 1 N–H and O–H groups in total. The first kappa shape index (κ1) is 18.6. The van der Waals surface area contributed by atoms with Gasteiger partial charge in [-0.25, -0.2) is 0 Å². The normalized spacial score (nSPS) is 15.6. The third-order valence-corrected chi connectivity index (χ3v) is 5.00. The minimum atomic E-state index is 0. The molecule has 0 saturated heterocycles. The van der Waals surface area contributed by atoms with Gasteiger partial charge in [0.1, 0.15) is 0 Å². The van der Waals surface area contributed by atoms with Crippen molar-refractivity contribution in [3.8, 4) is 0 Å². The van der Waals surface area contributed by atoms with Crippen LogP contribution in [0.15, 0.2) is 30.3 Å². The monoisotopic (exact) mass is 392 g/mol. The van der Waals surface area contributed by atoms with Crippen LogP contribution in [-0.4, -0.2) is 44.6 Å². The molecule has 101 valence electrons. The molecule has 0 amide bonds. The summed E-state index contributed by atoms with van der Waals surface area (Å²) >= 11 is 3.75. The molecule has 3 unspecified atom stereocenters. The molecule has 0 bridgehead atoms. The van der Waals surface area contributed by atoms with Crippen LogP contribution in [0, 0.1) is 0 Å². The van der Waals surface area contributed by atoms with Gasteiger partial charge in [0.2, 0.25) is 0 Å². The number of thioether (sulfide) groups is 1. The van der Waals surface area contributed by atoms with Crippen LogP contribution >= 0.6 is 24.2 Å². The molecule has 3 atom stereocenters. The fourth-order valence-electron chi connectivity index (χ4n) is 2.11. The van der Waals surface area contributed by atoms with Crippen LogP contribution in [0.5, 0.6) is 0 Å². The molecule has 0 fully saturated rings. The zero-order valence-electron chi connectivity index (χ0n) is 11.3. The summed E-state index contributed by atoms with van der Waals surface area (Å²) in [7, 11) is 2.04. The van der Waals surface area contributed by atoms with E-state index in [9.17, 15) is 0 Å². The Kier molecular flexibility index (Phi) is 10.8. The Morgan fingerprint density at radius 3 is 2.33 bits per heavy atom. The molecular weight excluding hydrogens is 368 g/mol. The van der Waals surface area contributed by atoms with Gasteiger partial charge in [0.15, 0.2) is 0 Å². The molecule has 0 aromatic heterocycles. The largest absolute Gasteiger partial charge is 0.147 e. The minimum Gasteiger partial charge on any atom is -0.147 e. The molecule has 0 heterocycles. The van der Waals surface area contributed by atoms with Crippen molar-refractivity contribution in [3.05, 3.63) is 35.9 Å². The molecular formula is C14H23ClNSSn. The van der Waals surface area contributed by atoms with E-state index in [4.69, 9.17) is 0 Å². The fraction of sp³-hybridized carbons (Fsp3) is 0.571. The summed E-state index contributed by atoms with van der Waals surface area (Å²) in [4.78, 5) is 0. The zero-order chi connectivity index (χ0) is 12.7. The van der Waals surface area contributed by atoms with Crippen molar-refractivity contribution in [1.82, 2.24) is 5.32 Å². The summed E-state index contributed by atoms with van der Waals surface area (Å²) in [5, 5.41) is 4.06. The van der Waals surface area contributed by atoms with Gasteiger partial charge < -0.3 is 0 Å². The summed E-state index contributed by atoms with van der Waals surface area (Å²) in [6, 6.07) is 10.9. The number of likely N-dealkylation sites (N-methyl/N-ethyl adjacent to an activating group) is 1. The summed E-state index contributed by atoms with van der Waals surface area (Å²) in [6.07, 6.45) is 1.26. The topological polar surface area (TPSA) is 12.0 Å². The van der Waals surface area contributed by atoms with Gasteiger partial charge in [-0.1, -0.05) is 0 Å². The number of rotatable bonds is 7. The molecule has 1 aromatic carbocycles. The van der Waals surface area contributed by atoms with Gasteiger partial charge in [-0.2, -0.15) is 0 Å². The van der Waals surface area contributed by atoms with Crippen LogP contribution in [0.2, 0.25) is 0 Å². The number of hydrogen-bond acceptors (Lipinski definition) is 2. The maximum absolute atomic E-state index is 3.32. The van der Waals surface area contributed by atoms with Crippen molar-refractivity contribution in [3.63, 3.8) is 0 Å². The first-order valence-corrected chi connectivity index (χ1v) is 8.78. The molecule has 4 heteroatoms. The number of halogens is 1. The predicted molar refractivity (Wildman–Crippen MR) is 87.2 cm³/mol. The summed E-state index contributed by atoms with van der Waals surface area (Å²) in [5.74, 6) is 0.637. The van der Waals surface area contributed by atoms with E-state index < -0.39 is 0 Å². The molecule has 0 spiro atoms. The predicted octanol–water partition coefficient (Wildman–Crippen LogP) is 3.44. The van der Waals surface area contributed by atoms with Gasteiger partial charge in [-0.05, 0) is 0 Å². The fourth-order valence-corrected chi connectivity index (χ4v) is 5.14. The second kappa shape index (κ2) is 10.4. The quantitative estimate of drug-likeness (QED) is 0.715. The Morgan fingerprint density at radius 1 is 1.22 bits per heavy atom. The minimum absolute atomic E-state index is 0. The van der Waals surface area contributed by atoms with Crippen LogP contribution in [0.1, 0.15) is 31.7 Å². The second-order valence-corrected chi connectivity index (χ2v) is 9.94. The molecule has 0 saturated carbocycles. The average Bonchev–Trinajstić information content (AvgIpc) is 2.28. The molecule has 1 nitrogen and oxygen atoms in total. The van der Waals surface area contributed by atoms with E-state index in [1.807, 2.05) is 7.05 Å². The van der Waals surface area contributed by atoms with Crippen LogP contribution in [0.25, 0.3) is 0 Å². The van der Waals surface area contributed by atoms with E-state index in [0.717, 1.165) is 15.1 Å².